The molecular weight excluding hydrogens is 1300 g/mol. The first kappa shape index (κ1) is 75.9. The van der Waals surface area contributed by atoms with E-state index < -0.39 is 133 Å². The van der Waals surface area contributed by atoms with E-state index in [9.17, 15) is 63.3 Å². The van der Waals surface area contributed by atoms with E-state index in [4.69, 9.17) is 40.1 Å². The topological polar surface area (TPSA) is 541 Å². The third-order valence-corrected chi connectivity index (χ3v) is 17.7. The largest absolute Gasteiger partial charge is 0.480 e. The van der Waals surface area contributed by atoms with Crippen LogP contribution in [0.4, 0.5) is 0 Å². The minimum Gasteiger partial charge on any atom is -0.480 e. The quantitative estimate of drug-likeness (QED) is 0.0106. The van der Waals surface area contributed by atoms with Gasteiger partial charge in [-0.05, 0) is 95.5 Å². The van der Waals surface area contributed by atoms with E-state index in [0.717, 1.165) is 26.4 Å². The number of carboxylic acids is 1. The molecule has 2 fully saturated rings. The average Bonchev–Trinajstić information content (AvgIpc) is 1.67. The van der Waals surface area contributed by atoms with E-state index in [1.54, 1.807) is 35.7 Å². The van der Waals surface area contributed by atoms with E-state index in [-0.39, 0.29) is 115 Å². The van der Waals surface area contributed by atoms with Crippen LogP contribution in [0.2, 0.25) is 0 Å². The Labute approximate surface area is 574 Å². The number of benzene rings is 4. The van der Waals surface area contributed by atoms with Crippen molar-refractivity contribution in [2.45, 2.75) is 138 Å². The van der Waals surface area contributed by atoms with Crippen LogP contribution in [0.1, 0.15) is 73.8 Å². The van der Waals surface area contributed by atoms with Gasteiger partial charge >= 0.3 is 5.97 Å². The number of nitrogens with two attached hydrogens (primary N) is 7. The molecule has 7 rings (SSSR count). The van der Waals surface area contributed by atoms with Gasteiger partial charge in [-0.3, -0.25) is 58.1 Å². The van der Waals surface area contributed by atoms with Crippen molar-refractivity contribution in [2.24, 2.45) is 55.1 Å². The molecule has 10 atom stereocenters. The van der Waals surface area contributed by atoms with Gasteiger partial charge in [-0.1, -0.05) is 91.0 Å². The van der Waals surface area contributed by atoms with Gasteiger partial charge in [-0.2, -0.15) is 0 Å². The highest BCUT2D eigenvalue weighted by Gasteiger charge is 2.46. The molecule has 5 aromatic rings. The monoisotopic (exact) mass is 1390 g/mol. The maximum atomic E-state index is 14.9. The van der Waals surface area contributed by atoms with Crippen molar-refractivity contribution < 1.29 is 63.3 Å². The highest BCUT2D eigenvalue weighted by molar-refractivity contribution is 7.09. The molecule has 1 aromatic heterocycles. The molecule has 2 saturated heterocycles. The summed E-state index contributed by atoms with van der Waals surface area (Å²) in [4.78, 5) is 155. The molecule has 0 bridgehead atoms. The summed E-state index contributed by atoms with van der Waals surface area (Å²) < 4.78 is 0. The van der Waals surface area contributed by atoms with Crippen LogP contribution in [-0.4, -0.2) is 208 Å². The Bertz CT molecular complexity index is 3750. The Morgan fingerprint density at radius 1 is 0.545 bits per heavy atom. The molecule has 24 N–H and O–H groups in total. The number of hydrogen-bond acceptors (Lipinski definition) is 17. The second-order valence-corrected chi connectivity index (χ2v) is 25.3. The molecule has 0 radical (unpaired) electrons. The lowest BCUT2D eigenvalue weighted by Gasteiger charge is -2.33. The molecule has 9 amide bonds. The Hall–Kier alpha value is -10.5. The number of β-amino-alcohol motifs (C(OH)–C–C–N with tert-alkyl or cyclic N) is 1. The predicted octanol–water partition coefficient (Wildman–Crippen LogP) is -3.37. The third kappa shape index (κ3) is 23.1. The number of carbonyl (C=O) groups is 10. The first-order valence-corrected chi connectivity index (χ1v) is 33.4. The number of guanidine groups is 3. The fourth-order valence-electron chi connectivity index (χ4n) is 11.7. The minimum atomic E-state index is -1.76. The number of rotatable bonds is 36. The molecule has 2 aliphatic rings. The number of thiophene rings is 1. The standard InChI is InChI=1S/C66H89N19O13S/c67-45(15-5-23-74-64(68)69)55(89)79-46(16-6-24-75-65(70)71)61(95)84-26-8-18-52(84)62(96)85-35-43(87)32-53(85)60(94)77-34-54(88)78-50(33-44-14-9-27-99-44)58(92)83-51(36-86)59(93)82-49(31-38-20-22-40-11-2-4-13-42(40)29-38)57(91)81-48(30-37-19-21-39-10-1-3-12-41(39)28-37)56(90)80-47(63(97)98)17-7-25-76-66(72)73/h1-4,9-14,19-22,27-29,43,45-53,86-87H,5-8,15-18,23-26,30-36,67H2,(H,77,94)(H,78,88)(H,79,89)(H,80,90)(H,81,91)(H,82,93)(H,83,92)(H,97,98)(H4,68,69,74)(H4,70,71,75)(H4,72,73,76)/t43-,45-,46+,47+,48+,49-,50+,51+,52+,53+/m1/s1. The van der Waals surface area contributed by atoms with Gasteiger partial charge in [0.25, 0.3) is 0 Å². The molecule has 3 heterocycles. The fraction of sp³-hybridized carbons (Fsp3) is 0.439. The summed E-state index contributed by atoms with van der Waals surface area (Å²) in [6.07, 6.45) is -0.391. The van der Waals surface area contributed by atoms with Crippen molar-refractivity contribution in [3.8, 4) is 0 Å². The first-order chi connectivity index (χ1) is 47.4. The Morgan fingerprint density at radius 2 is 1.03 bits per heavy atom. The second-order valence-electron chi connectivity index (χ2n) is 24.3. The Morgan fingerprint density at radius 3 is 1.55 bits per heavy atom. The van der Waals surface area contributed by atoms with Crippen molar-refractivity contribution in [3.63, 3.8) is 0 Å². The summed E-state index contributed by atoms with van der Waals surface area (Å²) in [6.45, 7) is -1.54. The molecule has 32 nitrogen and oxygen atoms in total. The SMILES string of the molecule is NC(N)=NCCC[C@@H](N)C(=O)N[C@@H](CCCN=C(N)N)C(=O)N1CCC[C@H]1C(=O)N1C[C@H](O)C[C@H]1C(=O)NCC(=O)N[C@@H](Cc1cccs1)C(=O)N[C@@H](CO)C(=O)N[C@H](Cc1ccc2ccccc2c1)C(=O)N[C@@H](Cc1ccc2ccccc2c1)C(=O)N[C@@H](CCCN=C(N)N)C(=O)O. The lowest BCUT2D eigenvalue weighted by atomic mass is 9.98. The zero-order valence-electron chi connectivity index (χ0n) is 54.6. The first-order valence-electron chi connectivity index (χ1n) is 32.5. The summed E-state index contributed by atoms with van der Waals surface area (Å²) in [5, 5.41) is 55.2. The molecule has 0 saturated carbocycles. The van der Waals surface area contributed by atoms with Gasteiger partial charge in [-0.25, -0.2) is 4.79 Å². The van der Waals surface area contributed by atoms with Crippen molar-refractivity contribution >= 4 is 110 Å². The van der Waals surface area contributed by atoms with Crippen LogP contribution < -0.4 is 77.4 Å². The van der Waals surface area contributed by atoms with Gasteiger partial charge in [0.2, 0.25) is 53.2 Å². The lowest BCUT2D eigenvalue weighted by molar-refractivity contribution is -0.148. The summed E-state index contributed by atoms with van der Waals surface area (Å²) in [7, 11) is 0. The highest BCUT2D eigenvalue weighted by atomic mass is 32.1. The smallest absolute Gasteiger partial charge is 0.326 e. The van der Waals surface area contributed by atoms with Crippen LogP contribution in [0.25, 0.3) is 21.5 Å². The number of carbonyl (C=O) groups excluding carboxylic acids is 9. The number of carboxylic acid groups (broad SMARTS) is 1. The second kappa shape index (κ2) is 37.3. The molecule has 0 unspecified atom stereocenters. The number of nitrogens with zero attached hydrogens (tertiary/aromatic N) is 5. The summed E-state index contributed by atoms with van der Waals surface area (Å²) in [6, 6.07) is 16.8. The number of amides is 9. The van der Waals surface area contributed by atoms with Crippen LogP contribution in [0, 0.1) is 0 Å². The van der Waals surface area contributed by atoms with Crippen molar-refractivity contribution in [1.29, 1.82) is 0 Å². The zero-order chi connectivity index (χ0) is 71.7. The molecular formula is C66H89N19O13S. The highest BCUT2D eigenvalue weighted by Crippen LogP contribution is 2.27. The summed E-state index contributed by atoms with van der Waals surface area (Å²) >= 11 is 1.24. The van der Waals surface area contributed by atoms with Gasteiger partial charge in [-0.15, -0.1) is 11.3 Å². The molecule has 532 valence electrons. The number of likely N-dealkylation sites (tertiary alicyclic amines) is 2. The Kier molecular flexibility index (Phi) is 28.6. The number of aliphatic hydroxyl groups excluding tert-OH is 2. The molecule has 4 aromatic carbocycles. The molecule has 99 heavy (non-hydrogen) atoms. The van der Waals surface area contributed by atoms with Gasteiger partial charge < -0.3 is 102 Å². The van der Waals surface area contributed by atoms with Gasteiger partial charge in [0.05, 0.1) is 25.3 Å². The van der Waals surface area contributed by atoms with E-state index in [1.807, 2.05) is 66.7 Å². The third-order valence-electron chi connectivity index (χ3n) is 16.8. The van der Waals surface area contributed by atoms with E-state index in [0.29, 0.717) is 28.8 Å². The normalized spacial score (nSPS) is 17.1. The number of fused-ring (bicyclic) bond motifs is 2. The van der Waals surface area contributed by atoms with Crippen molar-refractivity contribution in [1.82, 2.24) is 47.0 Å². The molecule has 33 heteroatoms. The summed E-state index contributed by atoms with van der Waals surface area (Å²) in [5.74, 6) is -9.28. The number of aliphatic carboxylic acids is 1. The number of hydrogen-bond donors (Lipinski definition) is 17. The van der Waals surface area contributed by atoms with Gasteiger partial charge in [0, 0.05) is 63.3 Å². The van der Waals surface area contributed by atoms with Crippen LogP contribution in [0.3, 0.4) is 0 Å². The van der Waals surface area contributed by atoms with Crippen LogP contribution in [-0.2, 0) is 67.2 Å². The van der Waals surface area contributed by atoms with E-state index in [1.165, 1.54) is 16.2 Å². The fourth-order valence-corrected chi connectivity index (χ4v) is 12.5. The van der Waals surface area contributed by atoms with Crippen LogP contribution in [0.15, 0.2) is 117 Å². The number of aliphatic hydroxyl groups is 2. The minimum absolute atomic E-state index is 0.0582. The van der Waals surface area contributed by atoms with Gasteiger partial charge in [0.15, 0.2) is 17.9 Å². The van der Waals surface area contributed by atoms with Crippen LogP contribution in [0.5, 0.6) is 0 Å². The van der Waals surface area contributed by atoms with Crippen molar-refractivity contribution in [2.75, 3.05) is 45.9 Å². The van der Waals surface area contributed by atoms with E-state index >= 15 is 0 Å². The molecule has 0 aliphatic carbocycles. The van der Waals surface area contributed by atoms with E-state index in [2.05, 4.69) is 52.2 Å². The molecule has 2 aliphatic heterocycles. The van der Waals surface area contributed by atoms with Crippen LogP contribution >= 0.6 is 11.3 Å². The maximum Gasteiger partial charge on any atom is 0.326 e. The average molecular weight is 1390 g/mol. The summed E-state index contributed by atoms with van der Waals surface area (Å²) in [5.41, 5.74) is 40.0. The Balaban J connectivity index is 1.04. The lowest BCUT2D eigenvalue weighted by Crippen LogP contribution is -2.60. The predicted molar refractivity (Wildman–Crippen MR) is 371 cm³/mol. The number of nitrogens with one attached hydrogen (secondary N) is 7. The zero-order valence-corrected chi connectivity index (χ0v) is 55.4. The molecule has 0 spiro atoms. The van der Waals surface area contributed by atoms with Crippen molar-refractivity contribution in [3.05, 3.63) is 118 Å². The number of aliphatic imine (C=N–C) groups is 3. The van der Waals surface area contributed by atoms with Gasteiger partial charge in [0.1, 0.15) is 48.3 Å². The maximum absolute atomic E-state index is 14.9.